The summed E-state index contributed by atoms with van der Waals surface area (Å²) in [7, 11) is 0. The summed E-state index contributed by atoms with van der Waals surface area (Å²) in [4.78, 5) is 0. The summed E-state index contributed by atoms with van der Waals surface area (Å²) < 4.78 is 6.79. The number of alkyl halides is 1. The van der Waals surface area contributed by atoms with Crippen molar-refractivity contribution < 1.29 is 4.74 Å². The van der Waals surface area contributed by atoms with E-state index in [1.165, 1.54) is 12.8 Å². The summed E-state index contributed by atoms with van der Waals surface area (Å²) in [5.74, 6) is 1.68. The Morgan fingerprint density at radius 3 is 2.82 bits per heavy atom. The van der Waals surface area contributed by atoms with Crippen molar-refractivity contribution in [2.75, 3.05) is 11.0 Å². The van der Waals surface area contributed by atoms with E-state index in [4.69, 9.17) is 4.74 Å². The van der Waals surface area contributed by atoms with Gasteiger partial charge in [0, 0.05) is 4.43 Å². The van der Waals surface area contributed by atoms with Crippen LogP contribution in [0, 0.1) is 11.8 Å². The predicted octanol–water partition coefficient (Wildman–Crippen LogP) is 2.87. The lowest BCUT2D eigenvalue weighted by Gasteiger charge is -2.14. The Morgan fingerprint density at radius 1 is 1.64 bits per heavy atom. The Labute approximate surface area is 83.0 Å². The van der Waals surface area contributed by atoms with Crippen molar-refractivity contribution in [3.8, 4) is 0 Å². The first-order chi connectivity index (χ1) is 5.27. The first kappa shape index (κ1) is 9.78. The van der Waals surface area contributed by atoms with Crippen molar-refractivity contribution in [2.45, 2.75) is 32.8 Å². The zero-order valence-electron chi connectivity index (χ0n) is 7.35. The molecule has 0 spiro atoms. The molecule has 66 valence electrons. The molecule has 0 unspecified atom stereocenters. The highest BCUT2D eigenvalue weighted by Gasteiger charge is 2.27. The molecule has 1 fully saturated rings. The van der Waals surface area contributed by atoms with Crippen LogP contribution in [0.4, 0.5) is 0 Å². The Morgan fingerprint density at radius 2 is 2.36 bits per heavy atom. The normalized spacial score (nSPS) is 34.1. The molecular weight excluding hydrogens is 251 g/mol. The van der Waals surface area contributed by atoms with Crippen LogP contribution in [0.1, 0.15) is 26.7 Å². The fraction of sp³-hybridized carbons (Fsp3) is 1.00. The van der Waals surface area contributed by atoms with E-state index in [0.29, 0.717) is 6.10 Å². The highest BCUT2D eigenvalue weighted by Crippen LogP contribution is 2.28. The van der Waals surface area contributed by atoms with Gasteiger partial charge < -0.3 is 4.74 Å². The first-order valence-electron chi connectivity index (χ1n) is 4.45. The third-order valence-corrected chi connectivity index (χ3v) is 3.71. The van der Waals surface area contributed by atoms with Crippen LogP contribution < -0.4 is 0 Å². The predicted molar refractivity (Wildman–Crippen MR) is 56.2 cm³/mol. The second-order valence-corrected chi connectivity index (χ2v) is 4.37. The van der Waals surface area contributed by atoms with Crippen molar-refractivity contribution in [1.82, 2.24) is 0 Å². The third-order valence-electron chi connectivity index (χ3n) is 2.73. The second-order valence-electron chi connectivity index (χ2n) is 3.49. The van der Waals surface area contributed by atoms with Gasteiger partial charge in [0.05, 0.1) is 12.7 Å². The minimum absolute atomic E-state index is 0.551. The van der Waals surface area contributed by atoms with Crippen LogP contribution in [0.2, 0.25) is 0 Å². The first-order valence-corrected chi connectivity index (χ1v) is 5.98. The van der Waals surface area contributed by atoms with Gasteiger partial charge in [-0.25, -0.2) is 0 Å². The molecule has 11 heavy (non-hydrogen) atoms. The average Bonchev–Trinajstić information content (AvgIpc) is 2.50. The van der Waals surface area contributed by atoms with E-state index in [-0.39, 0.29) is 0 Å². The smallest absolute Gasteiger partial charge is 0.0668 e. The minimum Gasteiger partial charge on any atom is -0.377 e. The van der Waals surface area contributed by atoms with E-state index in [1.54, 1.807) is 0 Å². The minimum atomic E-state index is 0.551. The van der Waals surface area contributed by atoms with E-state index in [2.05, 4.69) is 36.4 Å². The van der Waals surface area contributed by atoms with Crippen LogP contribution in [-0.2, 0) is 4.74 Å². The Bertz CT molecular complexity index is 116. The Balaban J connectivity index is 2.29. The van der Waals surface area contributed by atoms with Gasteiger partial charge in [0.25, 0.3) is 0 Å². The molecule has 0 radical (unpaired) electrons. The maximum Gasteiger partial charge on any atom is 0.0668 e. The molecule has 0 amide bonds. The molecule has 0 aromatic carbocycles. The zero-order chi connectivity index (χ0) is 8.27. The molecule has 1 saturated heterocycles. The lowest BCUT2D eigenvalue weighted by molar-refractivity contribution is 0.120. The summed E-state index contributed by atoms with van der Waals surface area (Å²) in [6, 6.07) is 0. The van der Waals surface area contributed by atoms with Crippen molar-refractivity contribution >= 4 is 22.6 Å². The molecule has 0 aromatic rings. The van der Waals surface area contributed by atoms with Gasteiger partial charge in [-0.1, -0.05) is 42.9 Å². The topological polar surface area (TPSA) is 9.23 Å². The van der Waals surface area contributed by atoms with Crippen LogP contribution >= 0.6 is 22.6 Å². The van der Waals surface area contributed by atoms with E-state index in [1.807, 2.05) is 0 Å². The largest absolute Gasteiger partial charge is 0.377 e. The van der Waals surface area contributed by atoms with Crippen LogP contribution in [0.5, 0.6) is 0 Å². The quantitative estimate of drug-likeness (QED) is 0.565. The standard InChI is InChI=1S/C9H17IO/c1-3-7(2)8-4-9(5-10)11-6-8/h7-9H,3-6H2,1-2H3/t7-,8+,9+/m0/s1. The lowest BCUT2D eigenvalue weighted by atomic mass is 9.90. The second kappa shape index (κ2) is 4.65. The van der Waals surface area contributed by atoms with E-state index in [9.17, 15) is 0 Å². The number of halogens is 1. The van der Waals surface area contributed by atoms with Gasteiger partial charge in [0.1, 0.15) is 0 Å². The third kappa shape index (κ3) is 2.58. The maximum atomic E-state index is 5.63. The van der Waals surface area contributed by atoms with E-state index >= 15 is 0 Å². The molecule has 0 bridgehead atoms. The number of rotatable bonds is 3. The molecule has 1 aliphatic rings. The van der Waals surface area contributed by atoms with Crippen LogP contribution in [0.15, 0.2) is 0 Å². The van der Waals surface area contributed by atoms with Crippen molar-refractivity contribution in [3.63, 3.8) is 0 Å². The Hall–Kier alpha value is 0.690. The van der Waals surface area contributed by atoms with Gasteiger partial charge in [0.15, 0.2) is 0 Å². The van der Waals surface area contributed by atoms with Crippen LogP contribution in [0.3, 0.4) is 0 Å². The monoisotopic (exact) mass is 268 g/mol. The van der Waals surface area contributed by atoms with Crippen LogP contribution in [-0.4, -0.2) is 17.1 Å². The van der Waals surface area contributed by atoms with E-state index < -0.39 is 0 Å². The summed E-state index contributed by atoms with van der Waals surface area (Å²) >= 11 is 2.41. The van der Waals surface area contributed by atoms with Gasteiger partial charge in [-0.2, -0.15) is 0 Å². The van der Waals surface area contributed by atoms with Crippen molar-refractivity contribution in [1.29, 1.82) is 0 Å². The van der Waals surface area contributed by atoms with Gasteiger partial charge in [0.2, 0.25) is 0 Å². The number of hydrogen-bond donors (Lipinski definition) is 0. The average molecular weight is 268 g/mol. The molecule has 0 aromatic heterocycles. The SMILES string of the molecule is CC[C@H](C)[C@H]1CO[C@@H](CI)C1. The molecule has 1 rings (SSSR count). The molecule has 3 atom stereocenters. The van der Waals surface area contributed by atoms with Crippen molar-refractivity contribution in [2.24, 2.45) is 11.8 Å². The molecule has 1 nitrogen and oxygen atoms in total. The lowest BCUT2D eigenvalue weighted by Crippen LogP contribution is -2.11. The summed E-state index contributed by atoms with van der Waals surface area (Å²) in [6.45, 7) is 5.61. The fourth-order valence-electron chi connectivity index (χ4n) is 1.57. The maximum absolute atomic E-state index is 5.63. The molecule has 1 heterocycles. The highest BCUT2D eigenvalue weighted by atomic mass is 127. The van der Waals surface area contributed by atoms with Gasteiger partial charge in [-0.15, -0.1) is 0 Å². The zero-order valence-corrected chi connectivity index (χ0v) is 9.50. The number of hydrogen-bond acceptors (Lipinski definition) is 1. The summed E-state index contributed by atoms with van der Waals surface area (Å²) in [6.07, 6.45) is 3.13. The molecule has 0 saturated carbocycles. The van der Waals surface area contributed by atoms with Crippen molar-refractivity contribution in [3.05, 3.63) is 0 Å². The summed E-state index contributed by atoms with van der Waals surface area (Å²) in [5.41, 5.74) is 0. The molecule has 1 aliphatic heterocycles. The van der Waals surface area contributed by atoms with Gasteiger partial charge >= 0.3 is 0 Å². The number of ether oxygens (including phenoxy) is 1. The highest BCUT2D eigenvalue weighted by molar-refractivity contribution is 14.1. The Kier molecular flexibility index (Phi) is 4.13. The molecule has 0 N–H and O–H groups in total. The summed E-state index contributed by atoms with van der Waals surface area (Å²) in [5, 5.41) is 0. The molecule has 2 heteroatoms. The fourth-order valence-corrected chi connectivity index (χ4v) is 2.18. The van der Waals surface area contributed by atoms with Crippen LogP contribution in [0.25, 0.3) is 0 Å². The van der Waals surface area contributed by atoms with E-state index in [0.717, 1.165) is 22.9 Å². The molecule has 0 aliphatic carbocycles. The van der Waals surface area contributed by atoms with Gasteiger partial charge in [-0.3, -0.25) is 0 Å². The molecular formula is C9H17IO. The van der Waals surface area contributed by atoms with Gasteiger partial charge in [-0.05, 0) is 18.3 Å².